The van der Waals surface area contributed by atoms with Gasteiger partial charge in [0.25, 0.3) is 0 Å². The third kappa shape index (κ3) is 3.30. The Morgan fingerprint density at radius 3 is 2.43 bits per heavy atom. The van der Waals surface area contributed by atoms with Crippen LogP contribution in [0.15, 0.2) is 53.0 Å². The molecule has 1 aliphatic carbocycles. The maximum absolute atomic E-state index is 13.0. The fourth-order valence-electron chi connectivity index (χ4n) is 4.09. The van der Waals surface area contributed by atoms with Crippen LogP contribution in [0.3, 0.4) is 0 Å². The fraction of sp³-hybridized carbons (Fsp3) is 0.292. The number of benzene rings is 2. The smallest absolute Gasteiger partial charge is 0.165 e. The maximum atomic E-state index is 13.0. The highest BCUT2D eigenvalue weighted by atomic mass is 79.9. The number of rotatable bonds is 3. The number of hydrogen-bond donors (Lipinski definition) is 0. The van der Waals surface area contributed by atoms with E-state index in [1.54, 1.807) is 7.11 Å². The molecule has 0 radical (unpaired) electrons. The summed E-state index contributed by atoms with van der Waals surface area (Å²) in [6, 6.07) is 16.5. The van der Waals surface area contributed by atoms with Gasteiger partial charge in [0.15, 0.2) is 5.78 Å². The predicted molar refractivity (Wildman–Crippen MR) is 117 cm³/mol. The van der Waals surface area contributed by atoms with Crippen molar-refractivity contribution in [2.75, 3.05) is 7.11 Å². The first-order valence-corrected chi connectivity index (χ1v) is 10.3. The summed E-state index contributed by atoms with van der Waals surface area (Å²) in [6.45, 7) is 6.41. The van der Waals surface area contributed by atoms with Gasteiger partial charge in [0.2, 0.25) is 0 Å². The van der Waals surface area contributed by atoms with E-state index in [2.05, 4.69) is 65.5 Å². The topological polar surface area (TPSA) is 31.2 Å². The highest BCUT2D eigenvalue weighted by Gasteiger charge is 2.35. The first kappa shape index (κ1) is 19.0. The van der Waals surface area contributed by atoms with Crippen LogP contribution in [0.2, 0.25) is 0 Å². The Labute approximate surface area is 174 Å². The summed E-state index contributed by atoms with van der Waals surface area (Å²) in [5, 5.41) is 0. The van der Waals surface area contributed by atoms with E-state index in [1.165, 1.54) is 0 Å². The fourth-order valence-corrected chi connectivity index (χ4v) is 4.36. The third-order valence-corrected chi connectivity index (χ3v) is 5.93. The van der Waals surface area contributed by atoms with E-state index in [9.17, 15) is 4.79 Å². The van der Waals surface area contributed by atoms with Crippen LogP contribution < -0.4 is 4.74 Å². The molecule has 0 N–H and O–H groups in total. The van der Waals surface area contributed by atoms with Gasteiger partial charge in [-0.05, 0) is 60.2 Å². The minimum atomic E-state index is -0.0613. The zero-order valence-electron chi connectivity index (χ0n) is 16.7. The van der Waals surface area contributed by atoms with Gasteiger partial charge in [-0.1, -0.05) is 48.0 Å². The van der Waals surface area contributed by atoms with E-state index < -0.39 is 0 Å². The molecule has 0 fully saturated rings. The number of hydrogen-bond acceptors (Lipinski definition) is 2. The number of carbonyl (C=O) groups is 1. The second-order valence-electron chi connectivity index (χ2n) is 8.35. The Hall–Kier alpha value is -2.33. The van der Waals surface area contributed by atoms with Crippen molar-refractivity contribution < 1.29 is 9.53 Å². The number of carbonyl (C=O) groups excluding carboxylic acids is 1. The van der Waals surface area contributed by atoms with E-state index >= 15 is 0 Å². The van der Waals surface area contributed by atoms with Gasteiger partial charge in [0, 0.05) is 22.2 Å². The lowest BCUT2D eigenvalue weighted by Crippen LogP contribution is -2.27. The molecular formula is C24H24BrNO2. The van der Waals surface area contributed by atoms with Crippen molar-refractivity contribution in [1.29, 1.82) is 0 Å². The van der Waals surface area contributed by atoms with Crippen molar-refractivity contribution in [1.82, 2.24) is 4.57 Å². The SMILES string of the molecule is COc1ccc(C)cc1-n1c(-c2ccc(Br)cc2)cc2c1CC(C)(C)CC2=O. The Balaban J connectivity index is 2.04. The van der Waals surface area contributed by atoms with Crippen LogP contribution in [0, 0.1) is 12.3 Å². The van der Waals surface area contributed by atoms with Gasteiger partial charge in [0.1, 0.15) is 5.75 Å². The van der Waals surface area contributed by atoms with E-state index in [4.69, 9.17) is 4.74 Å². The molecule has 1 aliphatic rings. The molecule has 0 aliphatic heterocycles. The van der Waals surface area contributed by atoms with E-state index in [0.29, 0.717) is 6.42 Å². The van der Waals surface area contributed by atoms with Gasteiger partial charge >= 0.3 is 0 Å². The van der Waals surface area contributed by atoms with Gasteiger partial charge in [-0.2, -0.15) is 0 Å². The highest BCUT2D eigenvalue weighted by molar-refractivity contribution is 9.10. The quantitative estimate of drug-likeness (QED) is 0.475. The first-order valence-electron chi connectivity index (χ1n) is 9.48. The third-order valence-electron chi connectivity index (χ3n) is 5.40. The molecule has 3 aromatic rings. The Morgan fingerprint density at radius 2 is 1.75 bits per heavy atom. The van der Waals surface area contributed by atoms with Crippen LogP contribution in [-0.4, -0.2) is 17.5 Å². The Kier molecular flexibility index (Phi) is 4.70. The van der Waals surface area contributed by atoms with Crippen LogP contribution in [0.5, 0.6) is 5.75 Å². The largest absolute Gasteiger partial charge is 0.495 e. The summed E-state index contributed by atoms with van der Waals surface area (Å²) in [4.78, 5) is 13.0. The summed E-state index contributed by atoms with van der Waals surface area (Å²) in [5.41, 5.74) is 6.07. The van der Waals surface area contributed by atoms with E-state index in [1.807, 2.05) is 24.3 Å². The number of ketones is 1. The maximum Gasteiger partial charge on any atom is 0.165 e. The Morgan fingerprint density at radius 1 is 1.04 bits per heavy atom. The summed E-state index contributed by atoms with van der Waals surface area (Å²) in [7, 11) is 1.69. The zero-order valence-corrected chi connectivity index (χ0v) is 18.3. The lowest BCUT2D eigenvalue weighted by atomic mass is 9.76. The van der Waals surface area contributed by atoms with Crippen molar-refractivity contribution in [3.05, 3.63) is 69.8 Å². The standard InChI is InChI=1S/C24H24BrNO2/c1-15-5-10-23(28-4)20(11-15)26-19(16-6-8-17(25)9-7-16)12-18-21(26)13-24(2,3)14-22(18)27/h5-12H,13-14H2,1-4H3. The van der Waals surface area contributed by atoms with Crippen molar-refractivity contribution in [2.24, 2.45) is 5.41 Å². The van der Waals surface area contributed by atoms with Crippen molar-refractivity contribution in [3.8, 4) is 22.7 Å². The summed E-state index contributed by atoms with van der Waals surface area (Å²) in [6.07, 6.45) is 1.43. The molecule has 0 saturated heterocycles. The molecule has 0 bridgehead atoms. The second-order valence-corrected chi connectivity index (χ2v) is 9.26. The molecule has 0 unspecified atom stereocenters. The average Bonchev–Trinajstić information content (AvgIpc) is 3.00. The minimum absolute atomic E-state index is 0.0613. The van der Waals surface area contributed by atoms with Crippen LogP contribution >= 0.6 is 15.9 Å². The van der Waals surface area contributed by atoms with Crippen molar-refractivity contribution >= 4 is 21.7 Å². The van der Waals surface area contributed by atoms with E-state index in [-0.39, 0.29) is 11.2 Å². The molecular weight excluding hydrogens is 414 g/mol. The Bertz CT molecular complexity index is 1060. The normalized spacial score (nSPS) is 15.4. The van der Waals surface area contributed by atoms with Crippen LogP contribution in [0.25, 0.3) is 16.9 Å². The molecule has 0 atom stereocenters. The van der Waals surface area contributed by atoms with Crippen molar-refractivity contribution in [3.63, 3.8) is 0 Å². The molecule has 1 aromatic heterocycles. The molecule has 0 amide bonds. The molecule has 0 saturated carbocycles. The number of methoxy groups -OCH3 is 1. The first-order chi connectivity index (χ1) is 13.3. The summed E-state index contributed by atoms with van der Waals surface area (Å²) in [5.74, 6) is 1.02. The summed E-state index contributed by atoms with van der Waals surface area (Å²) >= 11 is 3.51. The molecule has 4 heteroatoms. The number of Topliss-reactive ketones (excluding diaryl/α,β-unsaturated/α-hetero) is 1. The van der Waals surface area contributed by atoms with Crippen LogP contribution in [0.1, 0.15) is 41.9 Å². The molecule has 2 aromatic carbocycles. The van der Waals surface area contributed by atoms with Gasteiger partial charge < -0.3 is 9.30 Å². The molecule has 28 heavy (non-hydrogen) atoms. The second kappa shape index (κ2) is 6.93. The monoisotopic (exact) mass is 437 g/mol. The number of ether oxygens (including phenoxy) is 1. The molecule has 144 valence electrons. The number of nitrogens with zero attached hydrogens (tertiary/aromatic N) is 1. The van der Waals surface area contributed by atoms with Crippen LogP contribution in [0.4, 0.5) is 0 Å². The lowest BCUT2D eigenvalue weighted by molar-refractivity contribution is 0.0911. The number of fused-ring (bicyclic) bond motifs is 1. The van der Waals surface area contributed by atoms with Gasteiger partial charge in [0.05, 0.1) is 18.5 Å². The zero-order chi connectivity index (χ0) is 20.1. The number of aryl methyl sites for hydroxylation is 1. The predicted octanol–water partition coefficient (Wildman–Crippen LogP) is 6.38. The highest BCUT2D eigenvalue weighted by Crippen LogP contribution is 2.42. The molecule has 3 nitrogen and oxygen atoms in total. The van der Waals surface area contributed by atoms with Gasteiger partial charge in [-0.15, -0.1) is 0 Å². The van der Waals surface area contributed by atoms with E-state index in [0.717, 1.165) is 50.4 Å². The van der Waals surface area contributed by atoms with Crippen molar-refractivity contribution in [2.45, 2.75) is 33.6 Å². The summed E-state index contributed by atoms with van der Waals surface area (Å²) < 4.78 is 8.95. The van der Waals surface area contributed by atoms with Gasteiger partial charge in [-0.3, -0.25) is 4.79 Å². The average molecular weight is 438 g/mol. The lowest BCUT2D eigenvalue weighted by Gasteiger charge is -2.30. The van der Waals surface area contributed by atoms with Crippen LogP contribution in [-0.2, 0) is 6.42 Å². The minimum Gasteiger partial charge on any atom is -0.495 e. The number of aromatic nitrogens is 1. The number of halogens is 1. The molecule has 4 rings (SSSR count). The van der Waals surface area contributed by atoms with Gasteiger partial charge in [-0.25, -0.2) is 0 Å². The molecule has 0 spiro atoms. The molecule has 1 heterocycles.